The van der Waals surface area contributed by atoms with Gasteiger partial charge in [0.1, 0.15) is 17.7 Å². The number of phenols is 1. The van der Waals surface area contributed by atoms with E-state index in [4.69, 9.17) is 10.5 Å². The summed E-state index contributed by atoms with van der Waals surface area (Å²) in [6.45, 7) is 0. The molecule has 0 aliphatic rings. The Labute approximate surface area is 114 Å². The van der Waals surface area contributed by atoms with Gasteiger partial charge in [0.25, 0.3) is 0 Å². The first kappa shape index (κ1) is 14.9. The molecule has 0 radical (unpaired) electrons. The van der Waals surface area contributed by atoms with Gasteiger partial charge in [0, 0.05) is 10.0 Å². The van der Waals surface area contributed by atoms with Crippen LogP contribution in [0.2, 0.25) is 0 Å². The molecule has 0 spiro atoms. The number of halogens is 4. The normalized spacial score (nSPS) is 10.2. The Hall–Kier alpha value is -2.19. The van der Waals surface area contributed by atoms with Crippen molar-refractivity contribution in [1.82, 2.24) is 0 Å². The zero-order chi connectivity index (χ0) is 14.6. The van der Waals surface area contributed by atoms with Crippen molar-refractivity contribution in [2.24, 2.45) is 0 Å². The molecule has 0 aromatic heterocycles. The van der Waals surface area contributed by atoms with Crippen LogP contribution in [0.5, 0.6) is 11.5 Å². The smallest absolute Gasteiger partial charge is 0.504 e. The molecule has 1 N–H and O–H groups in total. The van der Waals surface area contributed by atoms with E-state index in [0.717, 1.165) is 12.1 Å². The summed E-state index contributed by atoms with van der Waals surface area (Å²) in [5.74, 6) is -1.65. The zero-order valence-corrected chi connectivity index (χ0v) is 10.6. The standard InChI is InChI=1S/C11H4BrF3N2O2/c12-8-2-7(1-6(4-16)5-17)10(18)9(3-8)19-11(13,14)15/h1-3,18H. The highest BCUT2D eigenvalue weighted by Crippen LogP contribution is 2.37. The van der Waals surface area contributed by atoms with Crippen molar-refractivity contribution in [3.63, 3.8) is 0 Å². The topological polar surface area (TPSA) is 77.0 Å². The number of phenolic OH excluding ortho intramolecular Hbond substituents is 1. The summed E-state index contributed by atoms with van der Waals surface area (Å²) in [5, 5.41) is 26.7. The number of nitrogens with zero attached hydrogens (tertiary/aromatic N) is 2. The van der Waals surface area contributed by atoms with Gasteiger partial charge in [-0.2, -0.15) is 10.5 Å². The van der Waals surface area contributed by atoms with E-state index in [1.165, 1.54) is 18.2 Å². The predicted octanol–water partition coefficient (Wildman–Crippen LogP) is 3.48. The second-order valence-electron chi connectivity index (χ2n) is 3.17. The molecule has 1 aromatic rings. The van der Waals surface area contributed by atoms with E-state index in [1.54, 1.807) is 0 Å². The number of rotatable bonds is 2. The third-order valence-corrected chi connectivity index (χ3v) is 2.29. The number of benzene rings is 1. The number of nitriles is 2. The second-order valence-corrected chi connectivity index (χ2v) is 4.09. The van der Waals surface area contributed by atoms with Crippen LogP contribution in [0.15, 0.2) is 22.2 Å². The predicted molar refractivity (Wildman–Crippen MR) is 61.7 cm³/mol. The molecule has 19 heavy (non-hydrogen) atoms. The summed E-state index contributed by atoms with van der Waals surface area (Å²) < 4.78 is 40.1. The zero-order valence-electron chi connectivity index (χ0n) is 8.99. The highest BCUT2D eigenvalue weighted by atomic mass is 79.9. The third kappa shape index (κ3) is 4.19. The van der Waals surface area contributed by atoms with Gasteiger partial charge in [0.2, 0.25) is 0 Å². The van der Waals surface area contributed by atoms with Gasteiger partial charge >= 0.3 is 6.36 Å². The van der Waals surface area contributed by atoms with Crippen LogP contribution >= 0.6 is 15.9 Å². The van der Waals surface area contributed by atoms with E-state index >= 15 is 0 Å². The van der Waals surface area contributed by atoms with Gasteiger partial charge in [-0.05, 0) is 18.2 Å². The number of allylic oxidation sites excluding steroid dienone is 1. The SMILES string of the molecule is N#CC(C#N)=Cc1cc(Br)cc(OC(F)(F)F)c1O. The Morgan fingerprint density at radius 3 is 2.37 bits per heavy atom. The maximum absolute atomic E-state index is 12.1. The maximum Gasteiger partial charge on any atom is 0.573 e. The fourth-order valence-electron chi connectivity index (χ4n) is 1.15. The van der Waals surface area contributed by atoms with Crippen LogP contribution in [0.3, 0.4) is 0 Å². The van der Waals surface area contributed by atoms with Crippen molar-refractivity contribution in [2.75, 3.05) is 0 Å². The van der Waals surface area contributed by atoms with Crippen LogP contribution in [0.1, 0.15) is 5.56 Å². The first-order valence-corrected chi connectivity index (χ1v) is 5.36. The van der Waals surface area contributed by atoms with Gasteiger partial charge in [-0.25, -0.2) is 0 Å². The molecule has 0 aliphatic heterocycles. The van der Waals surface area contributed by atoms with Gasteiger partial charge < -0.3 is 9.84 Å². The molecule has 0 saturated carbocycles. The largest absolute Gasteiger partial charge is 0.573 e. The maximum atomic E-state index is 12.1. The quantitative estimate of drug-likeness (QED) is 0.841. The number of ether oxygens (including phenoxy) is 1. The van der Waals surface area contributed by atoms with E-state index in [1.807, 2.05) is 0 Å². The summed E-state index contributed by atoms with van der Waals surface area (Å²) in [4.78, 5) is 0. The monoisotopic (exact) mass is 332 g/mol. The van der Waals surface area contributed by atoms with Gasteiger partial charge in [-0.15, -0.1) is 13.2 Å². The molecule has 0 saturated heterocycles. The third-order valence-electron chi connectivity index (χ3n) is 1.84. The van der Waals surface area contributed by atoms with E-state index in [2.05, 4.69) is 20.7 Å². The number of aromatic hydroxyl groups is 1. The van der Waals surface area contributed by atoms with Crippen LogP contribution in [0, 0.1) is 22.7 Å². The molecule has 0 unspecified atom stereocenters. The number of hydrogen-bond acceptors (Lipinski definition) is 4. The van der Waals surface area contributed by atoms with Crippen LogP contribution < -0.4 is 4.74 Å². The minimum atomic E-state index is -4.97. The lowest BCUT2D eigenvalue weighted by atomic mass is 10.1. The van der Waals surface area contributed by atoms with Crippen LogP contribution in [-0.4, -0.2) is 11.5 Å². The van der Waals surface area contributed by atoms with E-state index in [9.17, 15) is 18.3 Å². The first-order valence-electron chi connectivity index (χ1n) is 4.57. The van der Waals surface area contributed by atoms with Gasteiger partial charge in [-0.3, -0.25) is 0 Å². The van der Waals surface area contributed by atoms with Gasteiger partial charge in [0.05, 0.1) is 0 Å². The van der Waals surface area contributed by atoms with Crippen LogP contribution in [0.4, 0.5) is 13.2 Å². The average Bonchev–Trinajstić information content (AvgIpc) is 2.29. The molecule has 8 heteroatoms. The number of alkyl halides is 3. The molecule has 0 heterocycles. The van der Waals surface area contributed by atoms with Crippen molar-refractivity contribution >= 4 is 22.0 Å². The molecule has 4 nitrogen and oxygen atoms in total. The van der Waals surface area contributed by atoms with Crippen LogP contribution in [-0.2, 0) is 0 Å². The van der Waals surface area contributed by atoms with Crippen molar-refractivity contribution in [1.29, 1.82) is 10.5 Å². The van der Waals surface area contributed by atoms with E-state index in [0.29, 0.717) is 0 Å². The molecule has 0 bridgehead atoms. The fourth-order valence-corrected chi connectivity index (χ4v) is 1.61. The van der Waals surface area contributed by atoms with Gasteiger partial charge in [-0.1, -0.05) is 15.9 Å². The Morgan fingerprint density at radius 2 is 1.89 bits per heavy atom. The molecule has 0 amide bonds. The lowest BCUT2D eigenvalue weighted by molar-refractivity contribution is -0.275. The van der Waals surface area contributed by atoms with Crippen molar-refractivity contribution in [3.8, 4) is 23.6 Å². The summed E-state index contributed by atoms with van der Waals surface area (Å²) in [6, 6.07) is 5.21. The first-order chi connectivity index (χ1) is 8.76. The Kier molecular flexibility index (Phi) is 4.41. The minimum Gasteiger partial charge on any atom is -0.504 e. The molecule has 0 atom stereocenters. The highest BCUT2D eigenvalue weighted by Gasteiger charge is 2.32. The minimum absolute atomic E-state index is 0.147. The second kappa shape index (κ2) is 5.63. The molecule has 98 valence electrons. The Bertz CT molecular complexity index is 596. The molecular weight excluding hydrogens is 329 g/mol. The Morgan fingerprint density at radius 1 is 1.32 bits per heavy atom. The lowest BCUT2D eigenvalue weighted by Gasteiger charge is -2.12. The fraction of sp³-hybridized carbons (Fsp3) is 0.0909. The summed E-state index contributed by atoms with van der Waals surface area (Å²) in [6.07, 6.45) is -4.02. The Balaban J connectivity index is 3.34. The highest BCUT2D eigenvalue weighted by molar-refractivity contribution is 9.10. The molecule has 1 rings (SSSR count). The van der Waals surface area contributed by atoms with Gasteiger partial charge in [0.15, 0.2) is 11.5 Å². The summed E-state index contributed by atoms with van der Waals surface area (Å²) >= 11 is 2.93. The summed E-state index contributed by atoms with van der Waals surface area (Å²) in [7, 11) is 0. The molecule has 0 fully saturated rings. The van der Waals surface area contributed by atoms with Crippen molar-refractivity contribution in [3.05, 3.63) is 27.7 Å². The average molecular weight is 333 g/mol. The molecule has 0 aliphatic carbocycles. The van der Waals surface area contributed by atoms with E-state index < -0.39 is 17.9 Å². The molecular formula is C11H4BrF3N2O2. The van der Waals surface area contributed by atoms with Crippen molar-refractivity contribution in [2.45, 2.75) is 6.36 Å². The molecule has 1 aromatic carbocycles. The number of hydrogen-bond donors (Lipinski definition) is 1. The van der Waals surface area contributed by atoms with Crippen LogP contribution in [0.25, 0.3) is 6.08 Å². The van der Waals surface area contributed by atoms with E-state index in [-0.39, 0.29) is 15.6 Å². The lowest BCUT2D eigenvalue weighted by Crippen LogP contribution is -2.17. The van der Waals surface area contributed by atoms with Crippen molar-refractivity contribution < 1.29 is 23.0 Å². The summed E-state index contributed by atoms with van der Waals surface area (Å²) in [5.41, 5.74) is -0.516.